The topological polar surface area (TPSA) is 21.3 Å². The molecule has 2 aliphatic rings. The van der Waals surface area contributed by atoms with Crippen molar-refractivity contribution in [2.45, 2.75) is 44.6 Å². The first-order valence-corrected chi connectivity index (χ1v) is 6.90. The number of benzene rings is 1. The molecule has 0 aromatic heterocycles. The maximum atomic E-state index is 5.73. The van der Waals surface area contributed by atoms with E-state index in [0.717, 1.165) is 25.2 Å². The van der Waals surface area contributed by atoms with Gasteiger partial charge in [0.25, 0.3) is 0 Å². The third kappa shape index (κ3) is 2.63. The number of ether oxygens (including phenoxy) is 1. The van der Waals surface area contributed by atoms with E-state index in [1.54, 1.807) is 0 Å². The van der Waals surface area contributed by atoms with E-state index in [4.69, 9.17) is 4.74 Å². The second-order valence-electron chi connectivity index (χ2n) is 5.25. The highest BCUT2D eigenvalue weighted by molar-refractivity contribution is 5.39. The summed E-state index contributed by atoms with van der Waals surface area (Å²) >= 11 is 0. The summed E-state index contributed by atoms with van der Waals surface area (Å²) in [5, 5.41) is 3.61. The van der Waals surface area contributed by atoms with Crippen LogP contribution in [0.25, 0.3) is 0 Å². The van der Waals surface area contributed by atoms with E-state index in [-0.39, 0.29) is 0 Å². The van der Waals surface area contributed by atoms with Crippen LogP contribution in [0.5, 0.6) is 5.75 Å². The molecule has 2 heteroatoms. The molecule has 92 valence electrons. The predicted molar refractivity (Wildman–Crippen MR) is 69.6 cm³/mol. The molecule has 1 aromatic rings. The van der Waals surface area contributed by atoms with Crippen molar-refractivity contribution in [3.05, 3.63) is 29.3 Å². The number of fused-ring (bicyclic) bond motifs is 1. The Morgan fingerprint density at radius 1 is 1.24 bits per heavy atom. The van der Waals surface area contributed by atoms with Gasteiger partial charge in [0.15, 0.2) is 0 Å². The van der Waals surface area contributed by atoms with Crippen LogP contribution in [0.2, 0.25) is 0 Å². The Labute approximate surface area is 103 Å². The molecule has 0 radical (unpaired) electrons. The van der Waals surface area contributed by atoms with Gasteiger partial charge in [-0.05, 0) is 55.8 Å². The van der Waals surface area contributed by atoms with Gasteiger partial charge in [-0.3, -0.25) is 0 Å². The molecule has 3 rings (SSSR count). The second-order valence-corrected chi connectivity index (χ2v) is 5.25. The van der Waals surface area contributed by atoms with Crippen molar-refractivity contribution in [3.63, 3.8) is 0 Å². The normalized spacial score (nSPS) is 23.9. The molecule has 0 amide bonds. The van der Waals surface area contributed by atoms with Gasteiger partial charge >= 0.3 is 0 Å². The average Bonchev–Trinajstić information content (AvgIpc) is 2.40. The molecule has 0 aliphatic carbocycles. The van der Waals surface area contributed by atoms with E-state index in [1.165, 1.54) is 43.4 Å². The van der Waals surface area contributed by atoms with Crippen molar-refractivity contribution >= 4 is 0 Å². The van der Waals surface area contributed by atoms with Gasteiger partial charge in [0.2, 0.25) is 0 Å². The largest absolute Gasteiger partial charge is 0.493 e. The molecule has 2 aliphatic heterocycles. The lowest BCUT2D eigenvalue weighted by Gasteiger charge is -2.24. The number of nitrogens with one attached hydrogen (secondary N) is 1. The zero-order valence-corrected chi connectivity index (χ0v) is 10.4. The van der Waals surface area contributed by atoms with E-state index >= 15 is 0 Å². The van der Waals surface area contributed by atoms with Gasteiger partial charge in [0, 0.05) is 6.04 Å². The fourth-order valence-electron chi connectivity index (χ4n) is 2.89. The highest BCUT2D eigenvalue weighted by atomic mass is 16.5. The molecule has 1 saturated heterocycles. The minimum absolute atomic E-state index is 0.672. The molecular formula is C15H21NO. The Bertz CT molecular complexity index is 383. The highest BCUT2D eigenvalue weighted by Crippen LogP contribution is 2.26. The maximum Gasteiger partial charge on any atom is 0.122 e. The van der Waals surface area contributed by atoms with E-state index in [1.807, 2.05) is 0 Å². The second kappa shape index (κ2) is 5.09. The van der Waals surface area contributed by atoms with Crippen molar-refractivity contribution in [2.75, 3.05) is 13.2 Å². The summed E-state index contributed by atoms with van der Waals surface area (Å²) < 4.78 is 5.73. The summed E-state index contributed by atoms with van der Waals surface area (Å²) in [6, 6.07) is 7.46. The van der Waals surface area contributed by atoms with Crippen molar-refractivity contribution in [3.8, 4) is 5.75 Å². The van der Waals surface area contributed by atoms with Crippen molar-refractivity contribution in [2.24, 2.45) is 0 Å². The predicted octanol–water partition coefficient (Wildman–Crippen LogP) is 2.70. The fourth-order valence-corrected chi connectivity index (χ4v) is 2.89. The lowest BCUT2D eigenvalue weighted by atomic mass is 9.96. The van der Waals surface area contributed by atoms with Crippen LogP contribution in [-0.2, 0) is 12.8 Å². The van der Waals surface area contributed by atoms with E-state index in [9.17, 15) is 0 Å². The monoisotopic (exact) mass is 231 g/mol. The summed E-state index contributed by atoms with van der Waals surface area (Å²) in [6.07, 6.45) is 7.52. The van der Waals surface area contributed by atoms with E-state index < -0.39 is 0 Å². The van der Waals surface area contributed by atoms with E-state index in [2.05, 4.69) is 23.5 Å². The van der Waals surface area contributed by atoms with Gasteiger partial charge in [-0.2, -0.15) is 0 Å². The summed E-state index contributed by atoms with van der Waals surface area (Å²) in [5.41, 5.74) is 2.81. The molecular weight excluding hydrogens is 210 g/mol. The average molecular weight is 231 g/mol. The van der Waals surface area contributed by atoms with Crippen molar-refractivity contribution < 1.29 is 4.74 Å². The van der Waals surface area contributed by atoms with Gasteiger partial charge in [-0.15, -0.1) is 0 Å². The number of aryl methyl sites for hydroxylation is 1. The van der Waals surface area contributed by atoms with Crippen molar-refractivity contribution in [1.82, 2.24) is 5.32 Å². The molecule has 1 atom stereocenters. The van der Waals surface area contributed by atoms with Crippen LogP contribution in [0.4, 0.5) is 0 Å². The van der Waals surface area contributed by atoms with Crippen LogP contribution in [0.1, 0.15) is 36.8 Å². The Hall–Kier alpha value is -1.02. The van der Waals surface area contributed by atoms with Crippen LogP contribution in [-0.4, -0.2) is 19.2 Å². The Kier molecular flexibility index (Phi) is 3.32. The number of piperidine rings is 1. The molecule has 1 fully saturated rings. The summed E-state index contributed by atoms with van der Waals surface area (Å²) in [6.45, 7) is 2.07. The SMILES string of the molecule is c1cc2c(cc1CC1CCCCN1)OCCC2. The van der Waals surface area contributed by atoms with Crippen LogP contribution < -0.4 is 10.1 Å². The fraction of sp³-hybridized carbons (Fsp3) is 0.600. The van der Waals surface area contributed by atoms with Crippen LogP contribution >= 0.6 is 0 Å². The smallest absolute Gasteiger partial charge is 0.122 e. The minimum Gasteiger partial charge on any atom is -0.493 e. The lowest BCUT2D eigenvalue weighted by molar-refractivity contribution is 0.288. The lowest BCUT2D eigenvalue weighted by Crippen LogP contribution is -2.35. The summed E-state index contributed by atoms with van der Waals surface area (Å²) in [4.78, 5) is 0. The maximum absolute atomic E-state index is 5.73. The van der Waals surface area contributed by atoms with Crippen LogP contribution in [0.3, 0.4) is 0 Å². The van der Waals surface area contributed by atoms with Crippen LogP contribution in [0.15, 0.2) is 18.2 Å². The third-order valence-electron chi connectivity index (χ3n) is 3.87. The number of rotatable bonds is 2. The molecule has 1 aromatic carbocycles. The summed E-state index contributed by atoms with van der Waals surface area (Å²) in [7, 11) is 0. The molecule has 1 unspecified atom stereocenters. The molecule has 2 heterocycles. The van der Waals surface area contributed by atoms with Gasteiger partial charge in [0.1, 0.15) is 5.75 Å². The molecule has 0 saturated carbocycles. The Morgan fingerprint density at radius 3 is 3.12 bits per heavy atom. The third-order valence-corrected chi connectivity index (χ3v) is 3.87. The van der Waals surface area contributed by atoms with Gasteiger partial charge in [-0.1, -0.05) is 18.6 Å². The van der Waals surface area contributed by atoms with E-state index in [0.29, 0.717) is 6.04 Å². The van der Waals surface area contributed by atoms with Crippen LogP contribution in [0, 0.1) is 0 Å². The van der Waals surface area contributed by atoms with Gasteiger partial charge in [0.05, 0.1) is 6.61 Å². The van der Waals surface area contributed by atoms with Gasteiger partial charge in [-0.25, -0.2) is 0 Å². The number of hydrogen-bond donors (Lipinski definition) is 1. The zero-order chi connectivity index (χ0) is 11.5. The highest BCUT2D eigenvalue weighted by Gasteiger charge is 2.15. The Morgan fingerprint density at radius 2 is 2.24 bits per heavy atom. The van der Waals surface area contributed by atoms with Gasteiger partial charge < -0.3 is 10.1 Å². The zero-order valence-electron chi connectivity index (χ0n) is 10.4. The minimum atomic E-state index is 0.672. The first-order chi connectivity index (χ1) is 8.42. The first-order valence-electron chi connectivity index (χ1n) is 6.90. The molecule has 1 N–H and O–H groups in total. The van der Waals surface area contributed by atoms with Crippen molar-refractivity contribution in [1.29, 1.82) is 0 Å². The molecule has 0 bridgehead atoms. The number of hydrogen-bond acceptors (Lipinski definition) is 2. The first kappa shape index (κ1) is 11.1. The standard InChI is InChI=1S/C15H21NO/c1-2-8-16-14(5-1)10-12-6-7-13-4-3-9-17-15(13)11-12/h6-7,11,14,16H,1-5,8-10H2. The summed E-state index contributed by atoms with van der Waals surface area (Å²) in [5.74, 6) is 1.13. The molecule has 17 heavy (non-hydrogen) atoms. The molecule has 0 spiro atoms. The molecule has 2 nitrogen and oxygen atoms in total. The Balaban J connectivity index is 1.70. The quantitative estimate of drug-likeness (QED) is 0.845.